The van der Waals surface area contributed by atoms with Crippen LogP contribution in [0.15, 0.2) is 18.5 Å². The van der Waals surface area contributed by atoms with Gasteiger partial charge in [-0.15, -0.1) is 23.7 Å². The summed E-state index contributed by atoms with van der Waals surface area (Å²) in [7, 11) is 1.94. The zero-order valence-corrected chi connectivity index (χ0v) is 18.5. The normalized spacial score (nSPS) is 17.2. The number of thiophene rings is 1. The minimum Gasteiger partial charge on any atom is -0.336 e. The Balaban J connectivity index is 0.00000280. The van der Waals surface area contributed by atoms with Gasteiger partial charge in [0.25, 0.3) is 5.91 Å². The average Bonchev–Trinajstić information content (AvgIpc) is 3.19. The summed E-state index contributed by atoms with van der Waals surface area (Å²) >= 11 is 1.34. The standard InChI is InChI=1S/C19H27N5O2S.ClH/c1-12-10-14(22-18(26)19(2,3)4)27-15(12)17(25)24-9-6-20-11-13(24)16-21-7-8-23(16)5;/h7-8,10,13,20H,6,9,11H2,1-5H3,(H,22,26);1H. The lowest BCUT2D eigenvalue weighted by molar-refractivity contribution is -0.123. The fourth-order valence-electron chi connectivity index (χ4n) is 3.06. The van der Waals surface area contributed by atoms with Crippen LogP contribution in [0.3, 0.4) is 0 Å². The van der Waals surface area contributed by atoms with Gasteiger partial charge in [-0.25, -0.2) is 4.98 Å². The van der Waals surface area contributed by atoms with Crippen molar-refractivity contribution in [3.8, 4) is 0 Å². The van der Waals surface area contributed by atoms with Gasteiger partial charge in [0, 0.05) is 44.5 Å². The molecule has 2 aromatic heterocycles. The summed E-state index contributed by atoms with van der Waals surface area (Å²) in [4.78, 5) is 32.5. The number of amides is 2. The maximum Gasteiger partial charge on any atom is 0.264 e. The number of aryl methyl sites for hydroxylation is 2. The number of aromatic nitrogens is 2. The molecular formula is C19H28ClN5O2S. The molecule has 0 radical (unpaired) electrons. The van der Waals surface area contributed by atoms with Gasteiger partial charge in [0.1, 0.15) is 11.9 Å². The van der Waals surface area contributed by atoms with Gasteiger partial charge in [-0.2, -0.15) is 0 Å². The first kappa shape index (κ1) is 22.4. The third-order valence-electron chi connectivity index (χ3n) is 4.69. The van der Waals surface area contributed by atoms with Gasteiger partial charge in [0.15, 0.2) is 0 Å². The van der Waals surface area contributed by atoms with E-state index in [2.05, 4.69) is 15.6 Å². The van der Waals surface area contributed by atoms with Crippen LogP contribution in [0.1, 0.15) is 47.9 Å². The molecule has 2 aromatic rings. The van der Waals surface area contributed by atoms with Crippen LogP contribution >= 0.6 is 23.7 Å². The molecule has 0 spiro atoms. The Morgan fingerprint density at radius 3 is 2.68 bits per heavy atom. The van der Waals surface area contributed by atoms with Crippen molar-refractivity contribution in [3.05, 3.63) is 34.7 Å². The molecule has 1 atom stereocenters. The molecule has 1 aliphatic heterocycles. The Morgan fingerprint density at radius 2 is 2.07 bits per heavy atom. The van der Waals surface area contributed by atoms with Gasteiger partial charge in [-0.05, 0) is 18.6 Å². The Hall–Kier alpha value is -1.90. The van der Waals surface area contributed by atoms with Gasteiger partial charge >= 0.3 is 0 Å². The fourth-order valence-corrected chi connectivity index (χ4v) is 4.09. The van der Waals surface area contributed by atoms with Crippen LogP contribution in [0.25, 0.3) is 0 Å². The second-order valence-corrected chi connectivity index (χ2v) is 8.99. The van der Waals surface area contributed by atoms with Crippen LogP contribution in [0, 0.1) is 12.3 Å². The highest BCUT2D eigenvalue weighted by Gasteiger charge is 2.32. The van der Waals surface area contributed by atoms with Crippen molar-refractivity contribution in [3.63, 3.8) is 0 Å². The highest BCUT2D eigenvalue weighted by atomic mass is 35.5. The summed E-state index contributed by atoms with van der Waals surface area (Å²) in [6, 6.07) is 1.76. The second-order valence-electron chi connectivity index (χ2n) is 7.94. The van der Waals surface area contributed by atoms with Crippen molar-refractivity contribution in [2.75, 3.05) is 25.0 Å². The van der Waals surface area contributed by atoms with E-state index in [0.717, 1.165) is 17.9 Å². The molecule has 0 aromatic carbocycles. The van der Waals surface area contributed by atoms with Gasteiger partial charge in [-0.1, -0.05) is 20.8 Å². The monoisotopic (exact) mass is 425 g/mol. The van der Waals surface area contributed by atoms with Crippen molar-refractivity contribution in [1.82, 2.24) is 19.8 Å². The van der Waals surface area contributed by atoms with Crippen LogP contribution in [0.4, 0.5) is 5.00 Å². The van der Waals surface area contributed by atoms with Gasteiger partial charge in [0.2, 0.25) is 5.91 Å². The summed E-state index contributed by atoms with van der Waals surface area (Å²) in [5.41, 5.74) is 0.399. The zero-order valence-electron chi connectivity index (χ0n) is 16.9. The maximum absolute atomic E-state index is 13.3. The van der Waals surface area contributed by atoms with Gasteiger partial charge < -0.3 is 20.1 Å². The van der Waals surface area contributed by atoms with Gasteiger partial charge in [-0.3, -0.25) is 9.59 Å². The van der Waals surface area contributed by atoms with E-state index in [1.54, 1.807) is 6.20 Å². The highest BCUT2D eigenvalue weighted by molar-refractivity contribution is 7.18. The number of hydrogen-bond donors (Lipinski definition) is 2. The van der Waals surface area contributed by atoms with Gasteiger partial charge in [0.05, 0.1) is 9.88 Å². The summed E-state index contributed by atoms with van der Waals surface area (Å²) in [6.07, 6.45) is 3.65. The van der Waals surface area contributed by atoms with E-state index < -0.39 is 5.41 Å². The summed E-state index contributed by atoms with van der Waals surface area (Å²) in [5, 5.41) is 6.99. The Bertz CT molecular complexity index is 855. The van der Waals surface area contributed by atoms with E-state index >= 15 is 0 Å². The first-order chi connectivity index (χ1) is 12.7. The highest BCUT2D eigenvalue weighted by Crippen LogP contribution is 2.32. The van der Waals surface area contributed by atoms with E-state index in [0.29, 0.717) is 23.0 Å². The zero-order chi connectivity index (χ0) is 19.8. The molecule has 2 N–H and O–H groups in total. The quantitative estimate of drug-likeness (QED) is 0.792. The van der Waals surface area contributed by atoms with Crippen LogP contribution in [0.2, 0.25) is 0 Å². The largest absolute Gasteiger partial charge is 0.336 e. The molecule has 1 fully saturated rings. The molecule has 7 nitrogen and oxygen atoms in total. The molecular weight excluding hydrogens is 398 g/mol. The number of imidazole rings is 1. The number of rotatable bonds is 3. The molecule has 154 valence electrons. The Labute approximate surface area is 175 Å². The molecule has 1 saturated heterocycles. The lowest BCUT2D eigenvalue weighted by Gasteiger charge is -2.35. The van der Waals surface area contributed by atoms with E-state index in [1.807, 2.05) is 56.5 Å². The van der Waals surface area contributed by atoms with Crippen molar-refractivity contribution >= 4 is 40.6 Å². The van der Waals surface area contributed by atoms with Crippen molar-refractivity contribution in [2.24, 2.45) is 12.5 Å². The fraction of sp³-hybridized carbons (Fsp3) is 0.526. The number of nitrogens with zero attached hydrogens (tertiary/aromatic N) is 3. The molecule has 2 amide bonds. The van der Waals surface area contributed by atoms with Crippen LogP contribution in [-0.4, -0.2) is 45.9 Å². The number of carbonyl (C=O) groups is 2. The van der Waals surface area contributed by atoms with E-state index in [1.165, 1.54) is 11.3 Å². The van der Waals surface area contributed by atoms with Crippen molar-refractivity contribution < 1.29 is 9.59 Å². The first-order valence-electron chi connectivity index (χ1n) is 9.09. The SMILES string of the molecule is Cc1cc(NC(=O)C(C)(C)C)sc1C(=O)N1CCNCC1c1nccn1C.Cl. The molecule has 3 heterocycles. The van der Waals surface area contributed by atoms with E-state index in [4.69, 9.17) is 0 Å². The molecule has 9 heteroatoms. The number of nitrogens with one attached hydrogen (secondary N) is 2. The topological polar surface area (TPSA) is 79.3 Å². The number of halogens is 1. The van der Waals surface area contributed by atoms with Crippen LogP contribution in [0.5, 0.6) is 0 Å². The second kappa shape index (κ2) is 8.63. The van der Waals surface area contributed by atoms with Crippen molar-refractivity contribution in [2.45, 2.75) is 33.7 Å². The summed E-state index contributed by atoms with van der Waals surface area (Å²) in [5.74, 6) is 0.796. The molecule has 28 heavy (non-hydrogen) atoms. The molecule has 1 unspecified atom stereocenters. The van der Waals surface area contributed by atoms with Crippen LogP contribution in [-0.2, 0) is 11.8 Å². The molecule has 0 bridgehead atoms. The molecule has 0 aliphatic carbocycles. The number of hydrogen-bond acceptors (Lipinski definition) is 5. The Kier molecular flexibility index (Phi) is 6.90. The Morgan fingerprint density at radius 1 is 1.36 bits per heavy atom. The smallest absolute Gasteiger partial charge is 0.264 e. The summed E-state index contributed by atoms with van der Waals surface area (Å²) < 4.78 is 1.95. The lowest BCUT2D eigenvalue weighted by Crippen LogP contribution is -2.49. The van der Waals surface area contributed by atoms with E-state index in [9.17, 15) is 9.59 Å². The predicted octanol–water partition coefficient (Wildman–Crippen LogP) is 2.98. The lowest BCUT2D eigenvalue weighted by atomic mass is 9.96. The first-order valence-corrected chi connectivity index (χ1v) is 9.91. The molecule has 0 saturated carbocycles. The molecule has 1 aliphatic rings. The summed E-state index contributed by atoms with van der Waals surface area (Å²) in [6.45, 7) is 9.57. The third-order valence-corrected chi connectivity index (χ3v) is 5.83. The van der Waals surface area contributed by atoms with E-state index in [-0.39, 0.29) is 30.3 Å². The number of piperazine rings is 1. The average molecular weight is 426 g/mol. The minimum absolute atomic E-state index is 0. The minimum atomic E-state index is -0.482. The number of anilines is 1. The predicted molar refractivity (Wildman–Crippen MR) is 114 cm³/mol. The number of carbonyl (C=O) groups excluding carboxylic acids is 2. The molecule has 3 rings (SSSR count). The van der Waals surface area contributed by atoms with Crippen LogP contribution < -0.4 is 10.6 Å². The van der Waals surface area contributed by atoms with Crippen molar-refractivity contribution in [1.29, 1.82) is 0 Å². The maximum atomic E-state index is 13.3. The third kappa shape index (κ3) is 4.56.